The van der Waals surface area contributed by atoms with Crippen LogP contribution in [0.1, 0.15) is 20.8 Å². The van der Waals surface area contributed by atoms with Crippen molar-refractivity contribution in [2.75, 3.05) is 11.9 Å². The van der Waals surface area contributed by atoms with E-state index in [4.69, 9.17) is 6.42 Å². The second kappa shape index (κ2) is 16.2. The number of hydrogen-bond acceptors (Lipinski definition) is 3. The van der Waals surface area contributed by atoms with E-state index >= 15 is 0 Å². The molecular weight excluding hydrogens is 922 g/mol. The van der Waals surface area contributed by atoms with E-state index < -0.39 is 7.92 Å². The van der Waals surface area contributed by atoms with Crippen LogP contribution in [-0.4, -0.2) is 26.7 Å². The van der Waals surface area contributed by atoms with E-state index in [1.807, 2.05) is 72.9 Å². The third kappa shape index (κ3) is 8.93. The predicted octanol–water partition coefficient (Wildman–Crippen LogP) is 6.87. The van der Waals surface area contributed by atoms with Gasteiger partial charge >= 0.3 is 21.1 Å². The van der Waals surface area contributed by atoms with Crippen molar-refractivity contribution in [2.45, 2.75) is 25.9 Å². The molecule has 0 fully saturated rings. The topological polar surface area (TPSA) is 24.3 Å². The quantitative estimate of drug-likeness (QED) is 0.109. The van der Waals surface area contributed by atoms with Crippen LogP contribution in [0.2, 0.25) is 0 Å². The molecule has 1 atom stereocenters. The zero-order valence-electron chi connectivity index (χ0n) is 24.8. The van der Waals surface area contributed by atoms with Crippen LogP contribution in [0.25, 0.3) is 22.4 Å². The van der Waals surface area contributed by atoms with Gasteiger partial charge in [-0.15, -0.1) is 25.0 Å². The first-order valence-electron chi connectivity index (χ1n) is 13.5. The number of pyridine rings is 1. The molecule has 7 heteroatoms. The molecule has 0 aliphatic carbocycles. The Balaban J connectivity index is 0.000000520. The molecular formula is C37H30N4PPt2-3. The number of nitrogens with zero attached hydrogens (tertiary/aromatic N) is 4. The first-order chi connectivity index (χ1) is 20.3. The van der Waals surface area contributed by atoms with Gasteiger partial charge in [0.05, 0.1) is 0 Å². The molecule has 0 spiro atoms. The zero-order chi connectivity index (χ0) is 29.5. The number of rotatable bonds is 5. The van der Waals surface area contributed by atoms with Gasteiger partial charge in [0.25, 0.3) is 0 Å². The number of hydrogen-bond donors (Lipinski definition) is 0. The summed E-state index contributed by atoms with van der Waals surface area (Å²) in [6.07, 6.45) is 16.0. The molecule has 226 valence electrons. The Kier molecular flexibility index (Phi) is 13.0. The van der Waals surface area contributed by atoms with Gasteiger partial charge in [-0.1, -0.05) is 20.8 Å². The number of benzene rings is 3. The van der Waals surface area contributed by atoms with Gasteiger partial charge in [-0.2, -0.15) is 67.0 Å². The summed E-state index contributed by atoms with van der Waals surface area (Å²) in [4.78, 5) is 8.72. The molecule has 44 heavy (non-hydrogen) atoms. The van der Waals surface area contributed by atoms with Crippen LogP contribution in [0.5, 0.6) is 0 Å². The van der Waals surface area contributed by atoms with Crippen LogP contribution in [0.4, 0.5) is 5.69 Å². The van der Waals surface area contributed by atoms with E-state index in [-0.39, 0.29) is 47.3 Å². The van der Waals surface area contributed by atoms with Crippen LogP contribution in [0, 0.1) is 49.5 Å². The average Bonchev–Trinajstić information content (AvgIpc) is 3.70. The first-order valence-corrected chi connectivity index (χ1v) is 14.9. The summed E-state index contributed by atoms with van der Waals surface area (Å²) in [5.41, 5.74) is 4.55. The molecule has 0 bridgehead atoms. The van der Waals surface area contributed by atoms with E-state index in [1.54, 1.807) is 17.0 Å². The summed E-state index contributed by atoms with van der Waals surface area (Å²) in [5.74, 6) is 0. The smallest absolute Gasteiger partial charge is 0.669 e. The van der Waals surface area contributed by atoms with E-state index in [2.05, 4.69) is 104 Å². The van der Waals surface area contributed by atoms with Crippen molar-refractivity contribution in [3.8, 4) is 28.4 Å². The van der Waals surface area contributed by atoms with Gasteiger partial charge in [0.1, 0.15) is 0 Å². The Labute approximate surface area is 292 Å². The summed E-state index contributed by atoms with van der Waals surface area (Å²) < 4.78 is 1.54. The van der Waals surface area contributed by atoms with Crippen molar-refractivity contribution in [1.29, 1.82) is 0 Å². The van der Waals surface area contributed by atoms with Crippen molar-refractivity contribution >= 4 is 24.2 Å². The summed E-state index contributed by atoms with van der Waals surface area (Å²) in [6, 6.07) is 43.6. The first kappa shape index (κ1) is 35.3. The molecule has 1 aliphatic heterocycles. The standard InChI is InChI=1S/C31H26N3P.C6H4N.2Pt/c1-31(2,3)35(29-15-9-13-27(22-29)34-19-18-33(4)23-34)28-14-8-12-26(20-28)30-21-25(16-17-32-30)24-10-6-5-7-11-24;1-2-7-5-3-4-6-7;;/h5-10,13-19,23H,1-4H3;3-6H;;/q-6;-1;;+4. The van der Waals surface area contributed by atoms with Gasteiger partial charge in [0.2, 0.25) is 0 Å². The van der Waals surface area contributed by atoms with Gasteiger partial charge in [-0.3, -0.25) is 6.07 Å². The van der Waals surface area contributed by atoms with Crippen LogP contribution in [-0.2, 0) is 42.1 Å². The van der Waals surface area contributed by atoms with E-state index in [0.29, 0.717) is 0 Å². The molecule has 0 radical (unpaired) electrons. The summed E-state index contributed by atoms with van der Waals surface area (Å²) in [6.45, 7) is 8.91. The molecule has 1 unspecified atom stereocenters. The van der Waals surface area contributed by atoms with Gasteiger partial charge < -0.3 is 43.5 Å². The zero-order valence-corrected chi connectivity index (χ0v) is 30.2. The van der Waals surface area contributed by atoms with Crippen LogP contribution < -0.4 is 15.5 Å². The van der Waals surface area contributed by atoms with Crippen molar-refractivity contribution in [1.82, 2.24) is 14.5 Å². The van der Waals surface area contributed by atoms with Gasteiger partial charge in [0.15, 0.2) is 0 Å². The van der Waals surface area contributed by atoms with E-state index in [0.717, 1.165) is 33.4 Å². The predicted molar refractivity (Wildman–Crippen MR) is 172 cm³/mol. The molecule has 2 aromatic heterocycles. The minimum absolute atomic E-state index is 0. The number of aromatic nitrogens is 2. The van der Waals surface area contributed by atoms with Crippen LogP contribution in [0.15, 0.2) is 104 Å². The fourth-order valence-corrected chi connectivity index (χ4v) is 7.09. The largest absolute Gasteiger partial charge is 4.00 e. The Hall–Kier alpha value is -3.20. The molecule has 6 rings (SSSR count). The molecule has 1 aliphatic rings. The van der Waals surface area contributed by atoms with Crippen molar-refractivity contribution in [3.63, 3.8) is 0 Å². The third-order valence-corrected chi connectivity index (χ3v) is 9.18. The molecule has 0 saturated heterocycles. The van der Waals surface area contributed by atoms with Gasteiger partial charge in [-0.05, 0) is 42.9 Å². The monoisotopic (exact) mass is 951 g/mol. The minimum atomic E-state index is -0.749. The maximum atomic E-state index is 6.57. The second-order valence-corrected chi connectivity index (χ2v) is 13.6. The van der Waals surface area contributed by atoms with Gasteiger partial charge in [0, 0.05) is 33.5 Å². The van der Waals surface area contributed by atoms with Crippen LogP contribution in [0.3, 0.4) is 0 Å². The fourth-order valence-electron chi connectivity index (χ4n) is 4.48. The maximum absolute atomic E-state index is 6.57. The maximum Gasteiger partial charge on any atom is 4.00 e. The summed E-state index contributed by atoms with van der Waals surface area (Å²) >= 11 is 0. The summed E-state index contributed by atoms with van der Waals surface area (Å²) in [5, 5.41) is 2.36. The molecule has 3 heterocycles. The Morgan fingerprint density at radius 1 is 0.841 bits per heavy atom. The van der Waals surface area contributed by atoms with E-state index in [1.165, 1.54) is 5.30 Å². The minimum Gasteiger partial charge on any atom is -0.669 e. The van der Waals surface area contributed by atoms with Gasteiger partial charge in [-0.25, -0.2) is 34.6 Å². The molecule has 0 amide bonds. The van der Waals surface area contributed by atoms with Crippen molar-refractivity contribution in [2.24, 2.45) is 0 Å². The SMILES string of the molecule is CN1C=CN(c2[c-]c(P(c3[c-]c(-c4[c-]c(-c5[c-]cccc5)ccn4)[c-]cc3)C(C)(C)C)ccc2)[CH-]1.[C-]#Cn1cccc1.[Pt+4].[Pt]. The van der Waals surface area contributed by atoms with Crippen molar-refractivity contribution in [3.05, 3.63) is 147 Å². The third-order valence-electron chi connectivity index (χ3n) is 6.35. The van der Waals surface area contributed by atoms with E-state index in [9.17, 15) is 0 Å². The molecule has 5 aromatic rings. The number of anilines is 1. The molecule has 4 nitrogen and oxygen atoms in total. The average molecular weight is 952 g/mol. The normalized spacial score (nSPS) is 12.7. The Morgan fingerprint density at radius 3 is 2.25 bits per heavy atom. The second-order valence-electron chi connectivity index (χ2n) is 10.6. The van der Waals surface area contributed by atoms with Crippen LogP contribution >= 0.6 is 7.92 Å². The molecule has 0 saturated carbocycles. The Morgan fingerprint density at radius 2 is 1.61 bits per heavy atom. The van der Waals surface area contributed by atoms with Crippen molar-refractivity contribution < 1.29 is 42.1 Å². The molecule has 3 aromatic carbocycles. The summed E-state index contributed by atoms with van der Waals surface area (Å²) in [7, 11) is 1.27. The molecule has 0 N–H and O–H groups in total. The fraction of sp³-hybridized carbons (Fsp3) is 0.135. The Bertz CT molecular complexity index is 1690.